The molecule has 0 aromatic heterocycles. The standard InChI is InChI=1S/C14H17NO4/c1-3-8-19-12-6-4-11(5-7-12)9-13(14(17)18)15-10(2)16/h3-7,13H,1,8-9H2,2H3,(H,15,16)(H,17,18). The van der Waals surface area contributed by atoms with Crippen LogP contribution in [0.2, 0.25) is 0 Å². The molecule has 2 N–H and O–H groups in total. The third-order valence-electron chi connectivity index (χ3n) is 2.41. The van der Waals surface area contributed by atoms with Crippen LogP contribution in [0.1, 0.15) is 12.5 Å². The number of carboxylic acid groups (broad SMARTS) is 1. The van der Waals surface area contributed by atoms with Crippen LogP contribution in [0.15, 0.2) is 36.9 Å². The summed E-state index contributed by atoms with van der Waals surface area (Å²) in [4.78, 5) is 21.9. The molecule has 1 aromatic carbocycles. The zero-order chi connectivity index (χ0) is 14.3. The van der Waals surface area contributed by atoms with Gasteiger partial charge in [0.05, 0.1) is 0 Å². The molecule has 1 aromatic rings. The van der Waals surface area contributed by atoms with E-state index in [9.17, 15) is 9.59 Å². The molecular weight excluding hydrogens is 246 g/mol. The van der Waals surface area contributed by atoms with Crippen LogP contribution in [0.3, 0.4) is 0 Å². The van der Waals surface area contributed by atoms with Crippen molar-refractivity contribution >= 4 is 11.9 Å². The van der Waals surface area contributed by atoms with E-state index in [1.54, 1.807) is 30.3 Å². The highest BCUT2D eigenvalue weighted by molar-refractivity contribution is 5.82. The van der Waals surface area contributed by atoms with Gasteiger partial charge in [-0.2, -0.15) is 0 Å². The highest BCUT2D eigenvalue weighted by Gasteiger charge is 2.18. The number of benzene rings is 1. The number of aliphatic carboxylic acids is 1. The average molecular weight is 263 g/mol. The Morgan fingerprint density at radius 2 is 2.05 bits per heavy atom. The highest BCUT2D eigenvalue weighted by atomic mass is 16.5. The van der Waals surface area contributed by atoms with Crippen LogP contribution in [-0.4, -0.2) is 29.6 Å². The van der Waals surface area contributed by atoms with Gasteiger partial charge in [0, 0.05) is 13.3 Å². The summed E-state index contributed by atoms with van der Waals surface area (Å²) in [5.74, 6) is -0.726. The van der Waals surface area contributed by atoms with E-state index >= 15 is 0 Å². The van der Waals surface area contributed by atoms with Crippen molar-refractivity contribution in [3.8, 4) is 5.75 Å². The summed E-state index contributed by atoms with van der Waals surface area (Å²) < 4.78 is 5.32. The van der Waals surface area contributed by atoms with E-state index in [1.807, 2.05) is 0 Å². The van der Waals surface area contributed by atoms with Crippen molar-refractivity contribution in [1.29, 1.82) is 0 Å². The Morgan fingerprint density at radius 1 is 1.42 bits per heavy atom. The first-order valence-corrected chi connectivity index (χ1v) is 5.85. The van der Waals surface area contributed by atoms with Crippen LogP contribution >= 0.6 is 0 Å². The summed E-state index contributed by atoms with van der Waals surface area (Å²) in [6.45, 7) is 5.26. The van der Waals surface area contributed by atoms with Crippen molar-refractivity contribution in [1.82, 2.24) is 5.32 Å². The van der Waals surface area contributed by atoms with Crippen LogP contribution in [0.25, 0.3) is 0 Å². The lowest BCUT2D eigenvalue weighted by molar-refractivity contribution is -0.141. The molecule has 1 atom stereocenters. The zero-order valence-corrected chi connectivity index (χ0v) is 10.8. The van der Waals surface area contributed by atoms with Crippen LogP contribution in [-0.2, 0) is 16.0 Å². The minimum atomic E-state index is -1.05. The second-order valence-corrected chi connectivity index (χ2v) is 4.04. The van der Waals surface area contributed by atoms with E-state index < -0.39 is 12.0 Å². The molecule has 1 amide bonds. The molecule has 0 bridgehead atoms. The normalized spacial score (nSPS) is 11.4. The predicted octanol–water partition coefficient (Wildman–Crippen LogP) is 1.38. The SMILES string of the molecule is C=CCOc1ccc(CC(NC(C)=O)C(=O)O)cc1. The van der Waals surface area contributed by atoms with Crippen LogP contribution in [0, 0.1) is 0 Å². The van der Waals surface area contributed by atoms with Crippen molar-refractivity contribution in [2.75, 3.05) is 6.61 Å². The van der Waals surface area contributed by atoms with Gasteiger partial charge in [-0.3, -0.25) is 4.79 Å². The van der Waals surface area contributed by atoms with Crippen molar-refractivity contribution in [2.45, 2.75) is 19.4 Å². The maximum Gasteiger partial charge on any atom is 0.326 e. The number of amides is 1. The molecule has 0 fully saturated rings. The number of hydrogen-bond acceptors (Lipinski definition) is 3. The van der Waals surface area contributed by atoms with Gasteiger partial charge in [-0.25, -0.2) is 4.79 Å². The van der Waals surface area contributed by atoms with Crippen molar-refractivity contribution in [3.05, 3.63) is 42.5 Å². The Balaban J connectivity index is 2.66. The first-order valence-electron chi connectivity index (χ1n) is 5.85. The Labute approximate surface area is 111 Å². The molecule has 5 heteroatoms. The summed E-state index contributed by atoms with van der Waals surface area (Å²) in [6, 6.07) is 6.14. The first-order chi connectivity index (χ1) is 9.02. The summed E-state index contributed by atoms with van der Waals surface area (Å²) in [6.07, 6.45) is 1.88. The molecule has 0 saturated heterocycles. The number of carbonyl (C=O) groups is 2. The van der Waals surface area contributed by atoms with Crippen molar-refractivity contribution in [3.63, 3.8) is 0 Å². The molecule has 0 aliphatic carbocycles. The van der Waals surface area contributed by atoms with Gasteiger partial charge >= 0.3 is 5.97 Å². The summed E-state index contributed by atoms with van der Waals surface area (Å²) >= 11 is 0. The topological polar surface area (TPSA) is 75.6 Å². The molecule has 102 valence electrons. The molecule has 1 rings (SSSR count). The minimum Gasteiger partial charge on any atom is -0.490 e. The second-order valence-electron chi connectivity index (χ2n) is 4.04. The largest absolute Gasteiger partial charge is 0.490 e. The second kappa shape index (κ2) is 7.20. The lowest BCUT2D eigenvalue weighted by atomic mass is 10.1. The molecular formula is C14H17NO4. The Hall–Kier alpha value is -2.30. The van der Waals surface area contributed by atoms with E-state index in [0.29, 0.717) is 12.4 Å². The third kappa shape index (κ3) is 5.25. The average Bonchev–Trinajstić information content (AvgIpc) is 2.36. The van der Waals surface area contributed by atoms with Gasteiger partial charge in [0.2, 0.25) is 5.91 Å². The van der Waals surface area contributed by atoms with Gasteiger partial charge in [-0.05, 0) is 17.7 Å². The molecule has 19 heavy (non-hydrogen) atoms. The lowest BCUT2D eigenvalue weighted by Crippen LogP contribution is -2.41. The Kier molecular flexibility index (Phi) is 5.60. The molecule has 0 aliphatic rings. The molecule has 0 saturated carbocycles. The van der Waals surface area contributed by atoms with E-state index in [2.05, 4.69) is 11.9 Å². The fourth-order valence-electron chi connectivity index (χ4n) is 1.56. The molecule has 0 spiro atoms. The maximum atomic E-state index is 11.0. The molecule has 0 aliphatic heterocycles. The van der Waals surface area contributed by atoms with Crippen LogP contribution < -0.4 is 10.1 Å². The lowest BCUT2D eigenvalue weighted by Gasteiger charge is -2.13. The quantitative estimate of drug-likeness (QED) is 0.729. The summed E-state index contributed by atoms with van der Waals surface area (Å²) in [7, 11) is 0. The van der Waals surface area contributed by atoms with E-state index in [0.717, 1.165) is 5.56 Å². The van der Waals surface area contributed by atoms with E-state index in [1.165, 1.54) is 6.92 Å². The third-order valence-corrected chi connectivity index (χ3v) is 2.41. The highest BCUT2D eigenvalue weighted by Crippen LogP contribution is 2.13. The number of carbonyl (C=O) groups excluding carboxylic acids is 1. The fraction of sp³-hybridized carbons (Fsp3) is 0.286. The van der Waals surface area contributed by atoms with E-state index in [-0.39, 0.29) is 12.3 Å². The van der Waals surface area contributed by atoms with Gasteiger partial charge in [-0.15, -0.1) is 0 Å². The molecule has 0 heterocycles. The Morgan fingerprint density at radius 3 is 2.53 bits per heavy atom. The molecule has 0 radical (unpaired) electrons. The smallest absolute Gasteiger partial charge is 0.326 e. The van der Waals surface area contributed by atoms with Gasteiger partial charge in [-0.1, -0.05) is 24.8 Å². The number of nitrogens with one attached hydrogen (secondary N) is 1. The predicted molar refractivity (Wildman–Crippen MR) is 71.1 cm³/mol. The number of rotatable bonds is 7. The zero-order valence-electron chi connectivity index (χ0n) is 10.8. The van der Waals surface area contributed by atoms with Gasteiger partial charge < -0.3 is 15.2 Å². The fourth-order valence-corrected chi connectivity index (χ4v) is 1.56. The number of hydrogen-bond donors (Lipinski definition) is 2. The summed E-state index contributed by atoms with van der Waals surface area (Å²) in [5, 5.41) is 11.4. The minimum absolute atomic E-state index is 0.233. The first kappa shape index (κ1) is 14.8. The number of ether oxygens (including phenoxy) is 1. The maximum absolute atomic E-state index is 11.0. The summed E-state index contributed by atoms with van der Waals surface area (Å²) in [5.41, 5.74) is 0.812. The van der Waals surface area contributed by atoms with E-state index in [4.69, 9.17) is 9.84 Å². The molecule has 1 unspecified atom stereocenters. The van der Waals surface area contributed by atoms with Gasteiger partial charge in [0.15, 0.2) is 0 Å². The van der Waals surface area contributed by atoms with Gasteiger partial charge in [0.1, 0.15) is 18.4 Å². The van der Waals surface area contributed by atoms with Crippen LogP contribution in [0.5, 0.6) is 5.75 Å². The number of carboxylic acids is 1. The van der Waals surface area contributed by atoms with Gasteiger partial charge in [0.25, 0.3) is 0 Å². The Bertz CT molecular complexity index is 453. The van der Waals surface area contributed by atoms with Crippen LogP contribution in [0.4, 0.5) is 0 Å². The molecule has 5 nitrogen and oxygen atoms in total. The van der Waals surface area contributed by atoms with Crippen molar-refractivity contribution in [2.24, 2.45) is 0 Å². The monoisotopic (exact) mass is 263 g/mol. The van der Waals surface area contributed by atoms with Crippen molar-refractivity contribution < 1.29 is 19.4 Å².